The lowest BCUT2D eigenvalue weighted by atomic mass is 10.2. The van der Waals surface area contributed by atoms with Crippen LogP contribution in [0.15, 0.2) is 78.1 Å². The third-order valence-electron chi connectivity index (χ3n) is 4.34. The third-order valence-corrected chi connectivity index (χ3v) is 5.59. The molecule has 4 rings (SSSR count). The fourth-order valence-corrected chi connectivity index (χ4v) is 3.93. The van der Waals surface area contributed by atoms with Crippen LogP contribution in [0.3, 0.4) is 0 Å². The number of methoxy groups -OCH3 is 1. The number of thioether (sulfide) groups is 1. The van der Waals surface area contributed by atoms with Crippen molar-refractivity contribution in [3.63, 3.8) is 0 Å². The molecule has 2 aromatic heterocycles. The van der Waals surface area contributed by atoms with E-state index >= 15 is 0 Å². The Bertz CT molecular complexity index is 1200. The highest BCUT2D eigenvalue weighted by atomic mass is 35.5. The molecule has 0 spiro atoms. The molecule has 0 unspecified atom stereocenters. The monoisotopic (exact) mass is 451 g/mol. The number of para-hydroxylation sites is 2. The number of anilines is 1. The summed E-state index contributed by atoms with van der Waals surface area (Å²) in [6.07, 6.45) is 1.62. The van der Waals surface area contributed by atoms with Gasteiger partial charge in [-0.1, -0.05) is 53.7 Å². The maximum atomic E-state index is 12.4. The number of aromatic nitrogens is 4. The van der Waals surface area contributed by atoms with Gasteiger partial charge >= 0.3 is 0 Å². The molecule has 0 aliphatic rings. The maximum absolute atomic E-state index is 12.4. The second-order valence-electron chi connectivity index (χ2n) is 6.35. The lowest BCUT2D eigenvalue weighted by Gasteiger charge is -2.13. The van der Waals surface area contributed by atoms with Crippen molar-refractivity contribution in [2.24, 2.45) is 0 Å². The Kier molecular flexibility index (Phi) is 6.49. The highest BCUT2D eigenvalue weighted by Crippen LogP contribution is 2.35. The molecule has 2 heterocycles. The second-order valence-corrected chi connectivity index (χ2v) is 7.69. The fourth-order valence-electron chi connectivity index (χ4n) is 2.96. The van der Waals surface area contributed by atoms with Crippen LogP contribution in [0.2, 0.25) is 5.02 Å². The molecule has 1 N–H and O–H groups in total. The highest BCUT2D eigenvalue weighted by Gasteiger charge is 2.21. The topological polar surface area (TPSA) is 81.9 Å². The minimum atomic E-state index is -0.198. The largest absolute Gasteiger partial charge is 0.496 e. The summed E-state index contributed by atoms with van der Waals surface area (Å²) < 4.78 is 7.33. The summed E-state index contributed by atoms with van der Waals surface area (Å²) in [5, 5.41) is 12.6. The summed E-state index contributed by atoms with van der Waals surface area (Å²) in [6, 6.07) is 20.3. The van der Waals surface area contributed by atoms with Crippen molar-refractivity contribution < 1.29 is 9.53 Å². The lowest BCUT2D eigenvalue weighted by molar-refractivity contribution is -0.113. The number of nitrogens with one attached hydrogen (secondary N) is 1. The first-order valence-corrected chi connectivity index (χ1v) is 10.7. The van der Waals surface area contributed by atoms with E-state index < -0.39 is 0 Å². The Balaban J connectivity index is 1.67. The second kappa shape index (κ2) is 9.63. The van der Waals surface area contributed by atoms with E-state index in [1.165, 1.54) is 11.8 Å². The predicted molar refractivity (Wildman–Crippen MR) is 122 cm³/mol. The van der Waals surface area contributed by atoms with E-state index in [4.69, 9.17) is 16.3 Å². The summed E-state index contributed by atoms with van der Waals surface area (Å²) >= 11 is 7.74. The molecule has 0 aliphatic carbocycles. The van der Waals surface area contributed by atoms with Crippen LogP contribution in [0.1, 0.15) is 0 Å². The number of nitrogens with zero attached hydrogens (tertiary/aromatic N) is 4. The van der Waals surface area contributed by atoms with Gasteiger partial charge in [-0.25, -0.2) is 4.98 Å². The van der Waals surface area contributed by atoms with Crippen LogP contribution in [0.4, 0.5) is 5.82 Å². The summed E-state index contributed by atoms with van der Waals surface area (Å²) in [5.74, 6) is 1.66. The number of amides is 1. The zero-order valence-electron chi connectivity index (χ0n) is 16.5. The first kappa shape index (κ1) is 20.9. The number of hydrogen-bond acceptors (Lipinski definition) is 6. The van der Waals surface area contributed by atoms with Crippen LogP contribution in [-0.4, -0.2) is 38.5 Å². The van der Waals surface area contributed by atoms with E-state index in [1.54, 1.807) is 31.5 Å². The molecular formula is C22H18ClN5O2S. The molecule has 2 aromatic carbocycles. The fraction of sp³-hybridized carbons (Fsp3) is 0.0909. The van der Waals surface area contributed by atoms with E-state index in [-0.39, 0.29) is 11.7 Å². The van der Waals surface area contributed by atoms with Gasteiger partial charge in [-0.2, -0.15) is 0 Å². The molecule has 4 aromatic rings. The van der Waals surface area contributed by atoms with Crippen LogP contribution >= 0.6 is 23.4 Å². The average Bonchev–Trinajstić information content (AvgIpc) is 3.22. The normalized spacial score (nSPS) is 10.6. The minimum absolute atomic E-state index is 0.130. The molecule has 0 saturated heterocycles. The Morgan fingerprint density at radius 2 is 1.84 bits per heavy atom. The molecule has 0 saturated carbocycles. The van der Waals surface area contributed by atoms with Gasteiger partial charge < -0.3 is 10.1 Å². The number of carbonyl (C=O) groups excluding carboxylic acids is 1. The molecule has 0 bridgehead atoms. The van der Waals surface area contributed by atoms with E-state index in [0.29, 0.717) is 33.3 Å². The van der Waals surface area contributed by atoms with Crippen LogP contribution in [0, 0.1) is 0 Å². The number of halogens is 1. The maximum Gasteiger partial charge on any atom is 0.236 e. The smallest absolute Gasteiger partial charge is 0.236 e. The summed E-state index contributed by atoms with van der Waals surface area (Å²) in [7, 11) is 1.60. The first-order valence-electron chi connectivity index (χ1n) is 9.35. The van der Waals surface area contributed by atoms with Gasteiger partial charge in [0.15, 0.2) is 11.0 Å². The molecule has 0 radical (unpaired) electrons. The van der Waals surface area contributed by atoms with Crippen molar-refractivity contribution in [2.75, 3.05) is 18.2 Å². The van der Waals surface area contributed by atoms with Crippen LogP contribution < -0.4 is 10.1 Å². The number of benzene rings is 2. The zero-order chi connectivity index (χ0) is 21.6. The van der Waals surface area contributed by atoms with Gasteiger partial charge in [-0.15, -0.1) is 10.2 Å². The van der Waals surface area contributed by atoms with Gasteiger partial charge in [0.2, 0.25) is 5.91 Å². The molecule has 9 heteroatoms. The van der Waals surface area contributed by atoms with Crippen molar-refractivity contribution in [1.29, 1.82) is 0 Å². The number of pyridine rings is 1. The van der Waals surface area contributed by atoms with E-state index in [0.717, 1.165) is 5.56 Å². The van der Waals surface area contributed by atoms with Crippen LogP contribution in [0.25, 0.3) is 17.1 Å². The average molecular weight is 452 g/mol. The van der Waals surface area contributed by atoms with Crippen LogP contribution in [-0.2, 0) is 4.79 Å². The Morgan fingerprint density at radius 1 is 1.06 bits per heavy atom. The standard InChI is InChI=1S/C22H18ClN5O2S/c1-30-18-11-5-2-8-15(18)21-26-27-22(28(21)17-10-4-3-9-16(17)23)31-14-20(29)25-19-12-6-7-13-24-19/h2-13H,14H2,1H3,(H,24,25,29). The molecule has 0 atom stereocenters. The first-order chi connectivity index (χ1) is 15.2. The minimum Gasteiger partial charge on any atom is -0.496 e. The summed E-state index contributed by atoms with van der Waals surface area (Å²) in [4.78, 5) is 16.5. The summed E-state index contributed by atoms with van der Waals surface area (Å²) in [5.41, 5.74) is 1.48. The molecular weight excluding hydrogens is 434 g/mol. The van der Waals surface area contributed by atoms with Crippen molar-refractivity contribution in [1.82, 2.24) is 19.7 Å². The molecule has 0 fully saturated rings. The van der Waals surface area contributed by atoms with Crippen molar-refractivity contribution in [3.05, 3.63) is 77.9 Å². The number of ether oxygens (including phenoxy) is 1. The lowest BCUT2D eigenvalue weighted by Crippen LogP contribution is -2.15. The van der Waals surface area contributed by atoms with Gasteiger partial charge in [-0.3, -0.25) is 9.36 Å². The predicted octanol–water partition coefficient (Wildman–Crippen LogP) is 4.72. The van der Waals surface area contributed by atoms with Gasteiger partial charge in [0.05, 0.1) is 29.1 Å². The van der Waals surface area contributed by atoms with Crippen molar-refractivity contribution in [3.8, 4) is 22.8 Å². The molecule has 156 valence electrons. The van der Waals surface area contributed by atoms with Crippen LogP contribution in [0.5, 0.6) is 5.75 Å². The van der Waals surface area contributed by atoms with Gasteiger partial charge in [-0.05, 0) is 36.4 Å². The third kappa shape index (κ3) is 4.70. The SMILES string of the molecule is COc1ccccc1-c1nnc(SCC(=O)Nc2ccccn2)n1-c1ccccc1Cl. The zero-order valence-corrected chi connectivity index (χ0v) is 18.1. The quantitative estimate of drug-likeness (QED) is 0.409. The number of hydrogen-bond donors (Lipinski definition) is 1. The Morgan fingerprint density at radius 3 is 2.61 bits per heavy atom. The number of rotatable bonds is 7. The molecule has 1 amide bonds. The molecule has 31 heavy (non-hydrogen) atoms. The Hall–Kier alpha value is -3.36. The van der Waals surface area contributed by atoms with Gasteiger partial charge in [0.25, 0.3) is 0 Å². The van der Waals surface area contributed by atoms with E-state index in [2.05, 4.69) is 20.5 Å². The van der Waals surface area contributed by atoms with E-state index in [9.17, 15) is 4.79 Å². The van der Waals surface area contributed by atoms with Crippen molar-refractivity contribution in [2.45, 2.75) is 5.16 Å². The van der Waals surface area contributed by atoms with Gasteiger partial charge in [0, 0.05) is 6.20 Å². The van der Waals surface area contributed by atoms with E-state index in [1.807, 2.05) is 53.1 Å². The molecule has 0 aliphatic heterocycles. The van der Waals surface area contributed by atoms with Crippen molar-refractivity contribution >= 4 is 35.1 Å². The molecule has 7 nitrogen and oxygen atoms in total. The van der Waals surface area contributed by atoms with Gasteiger partial charge in [0.1, 0.15) is 11.6 Å². The summed E-state index contributed by atoms with van der Waals surface area (Å²) in [6.45, 7) is 0. The highest BCUT2D eigenvalue weighted by molar-refractivity contribution is 7.99. The Labute approximate surface area is 188 Å². The number of carbonyl (C=O) groups is 1.